The van der Waals surface area contributed by atoms with Gasteiger partial charge >= 0.3 is 6.18 Å². The minimum atomic E-state index is -4.49. The van der Waals surface area contributed by atoms with Crippen molar-refractivity contribution in [3.05, 3.63) is 63.1 Å². The number of benzene rings is 2. The Hall–Kier alpha value is -2.57. The van der Waals surface area contributed by atoms with Crippen LogP contribution in [0.15, 0.2) is 36.4 Å². The Morgan fingerprint density at radius 3 is 2.32 bits per heavy atom. The third-order valence-corrected chi connectivity index (χ3v) is 8.84. The van der Waals surface area contributed by atoms with Crippen LogP contribution in [0.2, 0.25) is 10.0 Å². The number of β-amino-alcohol motifs (C(OH)–C–C–N with tert-alkyl or cyclic N) is 1. The molecule has 0 saturated carbocycles. The molecule has 44 heavy (non-hydrogen) atoms. The Morgan fingerprint density at radius 1 is 1.02 bits per heavy atom. The van der Waals surface area contributed by atoms with Crippen molar-refractivity contribution in [3.63, 3.8) is 0 Å². The molecule has 2 aromatic rings. The van der Waals surface area contributed by atoms with Crippen molar-refractivity contribution >= 4 is 40.7 Å². The summed E-state index contributed by atoms with van der Waals surface area (Å²) < 4.78 is 40.7. The topological polar surface area (TPSA) is 93.3 Å². The molecule has 2 aromatic carbocycles. The quantitative estimate of drug-likeness (QED) is 0.392. The number of aliphatic hydroxyl groups excluding tert-OH is 1. The maximum absolute atomic E-state index is 14.1. The number of hydrogen-bond acceptors (Lipinski definition) is 6. The number of carbonyl (C=O) groups is 2. The normalized spacial score (nSPS) is 18.2. The van der Waals surface area contributed by atoms with E-state index in [2.05, 4.69) is 0 Å². The lowest BCUT2D eigenvalue weighted by Gasteiger charge is -2.42. The SMILES string of the molecule is CC(C)CC(N)c1cc(C(F)(F)F)ccc1N1CCN(C(=O)C(Cc2ccc(Cl)cc2Cl)N2CCN(CCO)CC2=O)CC1. The second-order valence-electron chi connectivity index (χ2n) is 11.9. The maximum Gasteiger partial charge on any atom is 0.416 e. The molecule has 2 amide bonds. The highest BCUT2D eigenvalue weighted by Crippen LogP contribution is 2.37. The van der Waals surface area contributed by atoms with Crippen molar-refractivity contribution in [3.8, 4) is 0 Å². The Kier molecular flexibility index (Phi) is 11.4. The fourth-order valence-electron chi connectivity index (χ4n) is 5.95. The average Bonchev–Trinajstić information content (AvgIpc) is 2.96. The van der Waals surface area contributed by atoms with Gasteiger partial charge in [-0.1, -0.05) is 43.1 Å². The van der Waals surface area contributed by atoms with E-state index in [1.54, 1.807) is 28.0 Å². The summed E-state index contributed by atoms with van der Waals surface area (Å²) >= 11 is 12.6. The highest BCUT2D eigenvalue weighted by molar-refractivity contribution is 6.35. The fourth-order valence-corrected chi connectivity index (χ4v) is 6.44. The van der Waals surface area contributed by atoms with Crippen molar-refractivity contribution in [1.29, 1.82) is 0 Å². The van der Waals surface area contributed by atoms with Gasteiger partial charge in [0.15, 0.2) is 0 Å². The highest BCUT2D eigenvalue weighted by atomic mass is 35.5. The number of carbonyl (C=O) groups excluding carboxylic acids is 2. The van der Waals surface area contributed by atoms with Crippen molar-refractivity contribution in [2.75, 3.05) is 63.9 Å². The number of nitrogens with two attached hydrogens (primary N) is 1. The molecular weight excluding hydrogens is 618 g/mol. The zero-order chi connectivity index (χ0) is 32.2. The number of alkyl halides is 3. The lowest BCUT2D eigenvalue weighted by atomic mass is 9.94. The van der Waals surface area contributed by atoms with Crippen LogP contribution in [0, 0.1) is 5.92 Å². The summed E-state index contributed by atoms with van der Waals surface area (Å²) in [5.74, 6) is -0.231. The van der Waals surface area contributed by atoms with E-state index >= 15 is 0 Å². The molecular formula is C31H40Cl2F3N5O3. The van der Waals surface area contributed by atoms with E-state index in [0.717, 1.165) is 12.1 Å². The second-order valence-corrected chi connectivity index (χ2v) is 12.7. The number of anilines is 1. The summed E-state index contributed by atoms with van der Waals surface area (Å²) in [4.78, 5) is 34.4. The van der Waals surface area contributed by atoms with Gasteiger partial charge in [-0.3, -0.25) is 14.5 Å². The molecule has 242 valence electrons. The Morgan fingerprint density at radius 2 is 1.73 bits per heavy atom. The van der Waals surface area contributed by atoms with Crippen LogP contribution in [0.25, 0.3) is 0 Å². The number of piperazine rings is 2. The molecule has 2 fully saturated rings. The van der Waals surface area contributed by atoms with Gasteiger partial charge in [-0.25, -0.2) is 0 Å². The molecule has 2 aliphatic heterocycles. The van der Waals surface area contributed by atoms with Gasteiger partial charge in [0.1, 0.15) is 6.04 Å². The van der Waals surface area contributed by atoms with Crippen molar-refractivity contribution < 1.29 is 27.9 Å². The van der Waals surface area contributed by atoms with Gasteiger partial charge in [0.25, 0.3) is 0 Å². The molecule has 0 radical (unpaired) electrons. The second kappa shape index (κ2) is 14.7. The first kappa shape index (κ1) is 34.3. The lowest BCUT2D eigenvalue weighted by molar-refractivity contribution is -0.149. The van der Waals surface area contributed by atoms with Gasteiger partial charge in [0.05, 0.1) is 18.7 Å². The number of hydrogen-bond donors (Lipinski definition) is 2. The first-order valence-electron chi connectivity index (χ1n) is 14.9. The van der Waals surface area contributed by atoms with E-state index in [-0.39, 0.29) is 37.3 Å². The fraction of sp³-hybridized carbons (Fsp3) is 0.548. The monoisotopic (exact) mass is 657 g/mol. The predicted molar refractivity (Wildman–Crippen MR) is 166 cm³/mol. The summed E-state index contributed by atoms with van der Waals surface area (Å²) in [6.07, 6.45) is -3.76. The van der Waals surface area contributed by atoms with Gasteiger partial charge in [-0.05, 0) is 53.8 Å². The summed E-state index contributed by atoms with van der Waals surface area (Å²) in [5.41, 5.74) is 7.44. The van der Waals surface area contributed by atoms with Gasteiger partial charge in [-0.2, -0.15) is 13.2 Å². The van der Waals surface area contributed by atoms with E-state index in [1.165, 1.54) is 6.07 Å². The average molecular weight is 659 g/mol. The zero-order valence-electron chi connectivity index (χ0n) is 25.0. The minimum absolute atomic E-state index is 0.0662. The highest BCUT2D eigenvalue weighted by Gasteiger charge is 2.38. The molecule has 2 saturated heterocycles. The molecule has 2 aliphatic rings. The number of nitrogens with zero attached hydrogens (tertiary/aromatic N) is 4. The third kappa shape index (κ3) is 8.37. The van der Waals surface area contributed by atoms with E-state index in [1.807, 2.05) is 23.6 Å². The molecule has 4 rings (SSSR count). The van der Waals surface area contributed by atoms with Crippen LogP contribution in [0.5, 0.6) is 0 Å². The largest absolute Gasteiger partial charge is 0.416 e. The van der Waals surface area contributed by atoms with E-state index in [0.29, 0.717) is 79.1 Å². The standard InChI is InChI=1S/C31H40Cl2F3N5O3/c1-20(2)15-26(37)24-17-22(31(34,35)36)4-6-27(24)39-8-10-40(11-9-39)30(44)28(16-21-3-5-23(32)18-25(21)33)41-12-7-38(13-14-42)19-29(41)43/h3-6,17-18,20,26,28,42H,7-16,19,37H2,1-2H3. The Labute approximate surface area is 266 Å². The van der Waals surface area contributed by atoms with Crippen LogP contribution in [0.3, 0.4) is 0 Å². The molecule has 2 atom stereocenters. The van der Waals surface area contributed by atoms with Crippen LogP contribution in [0.4, 0.5) is 18.9 Å². The molecule has 3 N–H and O–H groups in total. The van der Waals surface area contributed by atoms with E-state index in [9.17, 15) is 27.9 Å². The number of amides is 2. The van der Waals surface area contributed by atoms with Crippen LogP contribution < -0.4 is 10.6 Å². The molecule has 0 spiro atoms. The smallest absolute Gasteiger partial charge is 0.395 e. The third-order valence-electron chi connectivity index (χ3n) is 8.25. The molecule has 13 heteroatoms. The number of halogens is 5. The predicted octanol–water partition coefficient (Wildman–Crippen LogP) is 4.45. The molecule has 2 unspecified atom stereocenters. The zero-order valence-corrected chi connectivity index (χ0v) is 26.5. The van der Waals surface area contributed by atoms with Crippen LogP contribution >= 0.6 is 23.2 Å². The molecule has 2 heterocycles. The van der Waals surface area contributed by atoms with Gasteiger partial charge in [0.2, 0.25) is 11.8 Å². The molecule has 8 nitrogen and oxygen atoms in total. The van der Waals surface area contributed by atoms with Crippen LogP contribution in [-0.2, 0) is 22.2 Å². The summed E-state index contributed by atoms with van der Waals surface area (Å²) in [5, 5.41) is 10.2. The van der Waals surface area contributed by atoms with Crippen molar-refractivity contribution in [2.24, 2.45) is 11.7 Å². The number of aliphatic hydroxyl groups is 1. The summed E-state index contributed by atoms with van der Waals surface area (Å²) in [7, 11) is 0. The molecule has 0 aromatic heterocycles. The summed E-state index contributed by atoms with van der Waals surface area (Å²) in [6, 6.07) is 7.37. The first-order chi connectivity index (χ1) is 20.8. The molecule has 0 bridgehead atoms. The van der Waals surface area contributed by atoms with Crippen LogP contribution in [-0.4, -0.2) is 96.6 Å². The lowest BCUT2D eigenvalue weighted by Crippen LogP contribution is -2.61. The maximum atomic E-state index is 14.1. The molecule has 0 aliphatic carbocycles. The minimum Gasteiger partial charge on any atom is -0.395 e. The van der Waals surface area contributed by atoms with Gasteiger partial charge in [-0.15, -0.1) is 0 Å². The van der Waals surface area contributed by atoms with Gasteiger partial charge < -0.3 is 25.5 Å². The number of rotatable bonds is 10. The Balaban J connectivity index is 1.54. The first-order valence-corrected chi connectivity index (χ1v) is 15.6. The Bertz CT molecular complexity index is 1320. The van der Waals surface area contributed by atoms with Crippen LogP contribution in [0.1, 0.15) is 43.0 Å². The van der Waals surface area contributed by atoms with E-state index < -0.39 is 23.8 Å². The van der Waals surface area contributed by atoms with Gasteiger partial charge in [0, 0.05) is 74.0 Å². The summed E-state index contributed by atoms with van der Waals surface area (Å²) in [6.45, 7) is 6.62. The van der Waals surface area contributed by atoms with Crippen molar-refractivity contribution in [2.45, 2.75) is 44.9 Å². The van der Waals surface area contributed by atoms with E-state index in [4.69, 9.17) is 28.9 Å². The van der Waals surface area contributed by atoms with Crippen molar-refractivity contribution in [1.82, 2.24) is 14.7 Å².